The van der Waals surface area contributed by atoms with E-state index < -0.39 is 24.3 Å². The molecule has 158 valence electrons. The third-order valence-corrected chi connectivity index (χ3v) is 4.35. The van der Waals surface area contributed by atoms with Crippen molar-refractivity contribution in [2.24, 2.45) is 5.16 Å². The first kappa shape index (κ1) is 21.2. The molecule has 1 aromatic heterocycles. The van der Waals surface area contributed by atoms with Crippen LogP contribution in [-0.2, 0) is 22.4 Å². The number of hydrogen-bond donors (Lipinski definition) is 2. The number of alkyl halides is 3. The van der Waals surface area contributed by atoms with Crippen molar-refractivity contribution in [3.05, 3.63) is 65.4 Å². The molecule has 0 atom stereocenters. The number of ether oxygens (including phenoxy) is 1. The van der Waals surface area contributed by atoms with Gasteiger partial charge in [0.15, 0.2) is 6.61 Å². The first-order valence-electron chi connectivity index (χ1n) is 9.09. The molecule has 0 aliphatic carbocycles. The van der Waals surface area contributed by atoms with Gasteiger partial charge in [-0.25, -0.2) is 4.79 Å². The van der Waals surface area contributed by atoms with E-state index in [1.54, 1.807) is 24.4 Å². The fraction of sp³-hybridized carbons (Fsp3) is 0.238. The van der Waals surface area contributed by atoms with Crippen molar-refractivity contribution in [2.45, 2.75) is 26.1 Å². The summed E-state index contributed by atoms with van der Waals surface area (Å²) in [5, 5.41) is 13.7. The number of oxime groups is 1. The lowest BCUT2D eigenvalue weighted by molar-refractivity contribution is -0.139. The van der Waals surface area contributed by atoms with E-state index in [9.17, 15) is 18.0 Å². The average Bonchev–Trinajstić information content (AvgIpc) is 3.12. The van der Waals surface area contributed by atoms with Crippen molar-refractivity contribution < 1.29 is 32.6 Å². The molecule has 0 radical (unpaired) electrons. The van der Waals surface area contributed by atoms with Crippen LogP contribution in [0.15, 0.2) is 53.8 Å². The highest BCUT2D eigenvalue weighted by Gasteiger charge is 2.29. The van der Waals surface area contributed by atoms with E-state index in [0.29, 0.717) is 23.4 Å². The molecule has 0 saturated carbocycles. The summed E-state index contributed by atoms with van der Waals surface area (Å²) in [6.45, 7) is 1.47. The fourth-order valence-corrected chi connectivity index (χ4v) is 2.85. The number of halogens is 3. The zero-order valence-corrected chi connectivity index (χ0v) is 16.0. The quantitative estimate of drug-likeness (QED) is 0.398. The maximum absolute atomic E-state index is 12.6. The van der Waals surface area contributed by atoms with Gasteiger partial charge in [0, 0.05) is 22.7 Å². The Bertz CT molecular complexity index is 1060. The second-order valence-corrected chi connectivity index (χ2v) is 6.45. The number of carboxylic acid groups (broad SMARTS) is 1. The molecule has 0 aliphatic rings. The molecule has 3 aromatic rings. The molecule has 0 unspecified atom stereocenters. The summed E-state index contributed by atoms with van der Waals surface area (Å²) in [4.78, 5) is 19.2. The van der Waals surface area contributed by atoms with Crippen molar-refractivity contribution in [1.29, 1.82) is 0 Å². The summed E-state index contributed by atoms with van der Waals surface area (Å²) in [5.74, 6) is -0.663. The summed E-state index contributed by atoms with van der Waals surface area (Å²) in [6.07, 6.45) is -2.08. The number of nitrogens with one attached hydrogen (secondary N) is 1. The van der Waals surface area contributed by atoms with Gasteiger partial charge in [-0.15, -0.1) is 0 Å². The summed E-state index contributed by atoms with van der Waals surface area (Å²) in [7, 11) is 0. The molecule has 0 saturated heterocycles. The van der Waals surface area contributed by atoms with Crippen molar-refractivity contribution >= 4 is 22.6 Å². The van der Waals surface area contributed by atoms with Crippen LogP contribution in [0, 0.1) is 0 Å². The molecule has 3 rings (SSSR count). The van der Waals surface area contributed by atoms with Gasteiger partial charge in [0.05, 0.1) is 11.3 Å². The van der Waals surface area contributed by atoms with E-state index in [4.69, 9.17) is 14.7 Å². The van der Waals surface area contributed by atoms with Crippen LogP contribution in [-0.4, -0.2) is 28.4 Å². The van der Waals surface area contributed by atoms with Gasteiger partial charge in [0.25, 0.3) is 0 Å². The van der Waals surface area contributed by atoms with E-state index in [2.05, 4.69) is 10.1 Å². The summed E-state index contributed by atoms with van der Waals surface area (Å²) in [6, 6.07) is 9.85. The number of hydrogen-bond acceptors (Lipinski definition) is 4. The minimum atomic E-state index is -4.38. The second kappa shape index (κ2) is 8.89. The summed E-state index contributed by atoms with van der Waals surface area (Å²) < 4.78 is 43.1. The third-order valence-electron chi connectivity index (χ3n) is 4.35. The van der Waals surface area contributed by atoms with Crippen LogP contribution >= 0.6 is 0 Å². The Morgan fingerprint density at radius 3 is 2.53 bits per heavy atom. The average molecular weight is 420 g/mol. The Hall–Kier alpha value is -3.49. The highest BCUT2D eigenvalue weighted by Crippen LogP contribution is 2.29. The molecule has 0 aliphatic heterocycles. The Kier molecular flexibility index (Phi) is 6.29. The molecule has 30 heavy (non-hydrogen) atoms. The lowest BCUT2D eigenvalue weighted by atomic mass is 10.1. The second-order valence-electron chi connectivity index (χ2n) is 6.45. The van der Waals surface area contributed by atoms with Crippen LogP contribution in [0.2, 0.25) is 0 Å². The molecular formula is C21H19F3N2O4. The van der Waals surface area contributed by atoms with Gasteiger partial charge in [-0.2, -0.15) is 13.2 Å². The number of benzene rings is 2. The smallest absolute Gasteiger partial charge is 0.416 e. The Balaban J connectivity index is 1.74. The Morgan fingerprint density at radius 1 is 1.17 bits per heavy atom. The van der Waals surface area contributed by atoms with Crippen LogP contribution in [0.3, 0.4) is 0 Å². The topological polar surface area (TPSA) is 83.9 Å². The van der Waals surface area contributed by atoms with E-state index in [-0.39, 0.29) is 6.61 Å². The Morgan fingerprint density at radius 2 is 1.90 bits per heavy atom. The molecule has 6 nitrogen and oxygen atoms in total. The number of aromatic nitrogens is 1. The SMILES string of the molecule is CC/C(=N\OCc1ccc(C(F)(F)F)cc1)c1c[nH]c2ccc(OCC(=O)O)cc12. The van der Waals surface area contributed by atoms with Gasteiger partial charge in [-0.3, -0.25) is 0 Å². The van der Waals surface area contributed by atoms with Gasteiger partial charge in [0.2, 0.25) is 0 Å². The number of carbonyl (C=O) groups is 1. The van der Waals surface area contributed by atoms with Crippen LogP contribution in [0.1, 0.15) is 30.0 Å². The van der Waals surface area contributed by atoms with Gasteiger partial charge >= 0.3 is 12.1 Å². The highest BCUT2D eigenvalue weighted by molar-refractivity contribution is 6.10. The van der Waals surface area contributed by atoms with Gasteiger partial charge in [-0.1, -0.05) is 24.2 Å². The maximum atomic E-state index is 12.6. The molecule has 0 fully saturated rings. The maximum Gasteiger partial charge on any atom is 0.416 e. The number of aromatic amines is 1. The minimum Gasteiger partial charge on any atom is -0.482 e. The van der Waals surface area contributed by atoms with Crippen molar-refractivity contribution in [2.75, 3.05) is 6.61 Å². The molecule has 0 amide bonds. The molecule has 0 spiro atoms. The summed E-state index contributed by atoms with van der Waals surface area (Å²) in [5.41, 5.74) is 2.05. The van der Waals surface area contributed by atoms with E-state index >= 15 is 0 Å². The lowest BCUT2D eigenvalue weighted by Crippen LogP contribution is -2.09. The molecule has 2 N–H and O–H groups in total. The zero-order valence-electron chi connectivity index (χ0n) is 16.0. The predicted octanol–water partition coefficient (Wildman–Crippen LogP) is 4.98. The van der Waals surface area contributed by atoms with Crippen molar-refractivity contribution in [3.8, 4) is 5.75 Å². The first-order chi connectivity index (χ1) is 14.3. The van der Waals surface area contributed by atoms with E-state index in [0.717, 1.165) is 28.6 Å². The monoisotopic (exact) mass is 420 g/mol. The minimum absolute atomic E-state index is 0.0248. The zero-order chi connectivity index (χ0) is 21.7. The standard InChI is InChI=1S/C21H19F3N2O4/c1-2-18(26-30-11-13-3-5-14(6-4-13)21(22,23)24)17-10-25-19-8-7-15(9-16(17)19)29-12-20(27)28/h3-10,25H,2,11-12H2,1H3,(H,27,28)/b26-18+. The molecule has 9 heteroatoms. The van der Waals surface area contributed by atoms with Gasteiger partial charge in [-0.05, 0) is 42.3 Å². The van der Waals surface area contributed by atoms with Gasteiger partial charge in [0.1, 0.15) is 12.4 Å². The number of H-pyrrole nitrogens is 1. The molecular weight excluding hydrogens is 401 g/mol. The van der Waals surface area contributed by atoms with E-state index in [1.165, 1.54) is 12.1 Å². The van der Waals surface area contributed by atoms with Crippen LogP contribution in [0.5, 0.6) is 5.75 Å². The predicted molar refractivity (Wildman–Crippen MR) is 104 cm³/mol. The third kappa shape index (κ3) is 5.11. The van der Waals surface area contributed by atoms with Crippen LogP contribution in [0.4, 0.5) is 13.2 Å². The van der Waals surface area contributed by atoms with Crippen molar-refractivity contribution in [3.63, 3.8) is 0 Å². The number of nitrogens with zero attached hydrogens (tertiary/aromatic N) is 1. The van der Waals surface area contributed by atoms with Crippen molar-refractivity contribution in [1.82, 2.24) is 4.98 Å². The lowest BCUT2D eigenvalue weighted by Gasteiger charge is -2.08. The molecule has 1 heterocycles. The largest absolute Gasteiger partial charge is 0.482 e. The summed E-state index contributed by atoms with van der Waals surface area (Å²) >= 11 is 0. The highest BCUT2D eigenvalue weighted by atomic mass is 19.4. The Labute approximate surface area is 169 Å². The molecule has 2 aromatic carbocycles. The van der Waals surface area contributed by atoms with Crippen LogP contribution < -0.4 is 4.74 Å². The number of aliphatic carboxylic acids is 1. The number of fused-ring (bicyclic) bond motifs is 1. The molecule has 0 bridgehead atoms. The normalized spacial score (nSPS) is 12.2. The number of carboxylic acids is 1. The fourth-order valence-electron chi connectivity index (χ4n) is 2.85. The first-order valence-corrected chi connectivity index (χ1v) is 9.09. The number of rotatable bonds is 8. The van der Waals surface area contributed by atoms with Gasteiger partial charge < -0.3 is 19.7 Å². The van der Waals surface area contributed by atoms with Crippen LogP contribution in [0.25, 0.3) is 10.9 Å². The van der Waals surface area contributed by atoms with E-state index in [1.807, 2.05) is 6.92 Å².